The van der Waals surface area contributed by atoms with Crippen molar-refractivity contribution < 1.29 is 13.2 Å². The van der Waals surface area contributed by atoms with Gasteiger partial charge in [-0.2, -0.15) is 0 Å². The summed E-state index contributed by atoms with van der Waals surface area (Å²) in [6, 6.07) is 9.79. The van der Waals surface area contributed by atoms with Crippen LogP contribution in [0.4, 0.5) is 0 Å². The maximum Gasteiger partial charge on any atom is 0.226 e. The Morgan fingerprint density at radius 2 is 1.78 bits per heavy atom. The summed E-state index contributed by atoms with van der Waals surface area (Å²) in [6.45, 7) is 2.75. The molecule has 1 aliphatic carbocycles. The van der Waals surface area contributed by atoms with Crippen molar-refractivity contribution >= 4 is 15.7 Å². The monoisotopic (exact) mass is 391 g/mol. The Bertz CT molecular complexity index is 708. The summed E-state index contributed by atoms with van der Waals surface area (Å²) in [7, 11) is -3.01. The van der Waals surface area contributed by atoms with E-state index in [0.717, 1.165) is 37.2 Å². The maximum absolute atomic E-state index is 13.4. The number of unbranched alkanes of at least 4 members (excludes halogenated alkanes) is 1. The Morgan fingerprint density at radius 3 is 2.37 bits per heavy atom. The van der Waals surface area contributed by atoms with E-state index < -0.39 is 9.84 Å². The second-order valence-corrected chi connectivity index (χ2v) is 10.6. The van der Waals surface area contributed by atoms with Crippen LogP contribution in [0.5, 0.6) is 0 Å². The van der Waals surface area contributed by atoms with Crippen LogP contribution in [0.1, 0.15) is 63.9 Å². The summed E-state index contributed by atoms with van der Waals surface area (Å²) in [5, 5.41) is 0. The first-order valence-electron chi connectivity index (χ1n) is 10.5. The predicted molar refractivity (Wildman–Crippen MR) is 109 cm³/mol. The normalized spacial score (nSPS) is 27.4. The van der Waals surface area contributed by atoms with Gasteiger partial charge in [0.25, 0.3) is 0 Å². The first-order chi connectivity index (χ1) is 13.0. The lowest BCUT2D eigenvalue weighted by molar-refractivity contribution is -0.139. The van der Waals surface area contributed by atoms with Gasteiger partial charge in [-0.25, -0.2) is 8.42 Å². The SMILES string of the molecule is CCCCC1CCC(C(=O)N(Cc2ccccc2)[C@H]2CCS(=O)(=O)C2)CC1. The highest BCUT2D eigenvalue weighted by atomic mass is 32.2. The third-order valence-electron chi connectivity index (χ3n) is 6.29. The van der Waals surface area contributed by atoms with Crippen molar-refractivity contribution in [1.82, 2.24) is 4.90 Å². The van der Waals surface area contributed by atoms with Crippen LogP contribution in [0.25, 0.3) is 0 Å². The van der Waals surface area contributed by atoms with Crippen LogP contribution in [0.3, 0.4) is 0 Å². The highest BCUT2D eigenvalue weighted by Gasteiger charge is 2.37. The smallest absolute Gasteiger partial charge is 0.226 e. The van der Waals surface area contributed by atoms with E-state index in [4.69, 9.17) is 0 Å². The van der Waals surface area contributed by atoms with Gasteiger partial charge in [0.1, 0.15) is 0 Å². The molecule has 1 amide bonds. The standard InChI is InChI=1S/C22H33NO3S/c1-2-3-7-18-10-12-20(13-11-18)22(24)23(16-19-8-5-4-6-9-19)21-14-15-27(25,26)17-21/h4-6,8-9,18,20-21H,2-3,7,10-17H2,1H3/t18?,20?,21-/m0/s1. The van der Waals surface area contributed by atoms with Crippen molar-refractivity contribution in [3.05, 3.63) is 35.9 Å². The fourth-order valence-electron chi connectivity index (χ4n) is 4.61. The molecule has 0 spiro atoms. The Kier molecular flexibility index (Phi) is 6.96. The molecule has 5 heteroatoms. The average molecular weight is 392 g/mol. The fourth-order valence-corrected chi connectivity index (χ4v) is 6.34. The molecule has 2 aliphatic rings. The molecule has 1 aromatic carbocycles. The number of carbonyl (C=O) groups excluding carboxylic acids is 1. The van der Waals surface area contributed by atoms with E-state index in [0.29, 0.717) is 13.0 Å². The van der Waals surface area contributed by atoms with Crippen molar-refractivity contribution in [2.45, 2.75) is 70.9 Å². The zero-order valence-electron chi connectivity index (χ0n) is 16.5. The molecule has 0 unspecified atom stereocenters. The van der Waals surface area contributed by atoms with Gasteiger partial charge >= 0.3 is 0 Å². The summed E-state index contributed by atoms with van der Waals surface area (Å²) in [5.74, 6) is 1.34. The number of nitrogens with zero attached hydrogens (tertiary/aromatic N) is 1. The van der Waals surface area contributed by atoms with Crippen molar-refractivity contribution in [3.63, 3.8) is 0 Å². The molecule has 1 saturated heterocycles. The summed E-state index contributed by atoms with van der Waals surface area (Å²) >= 11 is 0. The summed E-state index contributed by atoms with van der Waals surface area (Å²) in [5.41, 5.74) is 1.08. The second kappa shape index (κ2) is 9.22. The zero-order chi connectivity index (χ0) is 19.3. The molecule has 4 nitrogen and oxygen atoms in total. The van der Waals surface area contributed by atoms with Crippen LogP contribution in [0, 0.1) is 11.8 Å². The Balaban J connectivity index is 1.68. The summed E-state index contributed by atoms with van der Waals surface area (Å²) < 4.78 is 24.0. The van der Waals surface area contributed by atoms with Crippen molar-refractivity contribution in [1.29, 1.82) is 0 Å². The molecular weight excluding hydrogens is 358 g/mol. The van der Waals surface area contributed by atoms with Crippen LogP contribution < -0.4 is 0 Å². The lowest BCUT2D eigenvalue weighted by Crippen LogP contribution is -2.44. The molecular formula is C22H33NO3S. The van der Waals surface area contributed by atoms with Crippen molar-refractivity contribution in [2.75, 3.05) is 11.5 Å². The van der Waals surface area contributed by atoms with Crippen LogP contribution >= 0.6 is 0 Å². The highest BCUT2D eigenvalue weighted by molar-refractivity contribution is 7.91. The number of hydrogen-bond acceptors (Lipinski definition) is 3. The lowest BCUT2D eigenvalue weighted by Gasteiger charge is -2.35. The van der Waals surface area contributed by atoms with E-state index in [1.54, 1.807) is 0 Å². The van der Waals surface area contributed by atoms with Crippen molar-refractivity contribution in [2.24, 2.45) is 11.8 Å². The van der Waals surface area contributed by atoms with Crippen molar-refractivity contribution in [3.8, 4) is 0 Å². The summed E-state index contributed by atoms with van der Waals surface area (Å²) in [6.07, 6.45) is 8.56. The van der Waals surface area contributed by atoms with E-state index in [1.165, 1.54) is 19.3 Å². The third-order valence-corrected chi connectivity index (χ3v) is 8.04. The molecule has 0 radical (unpaired) electrons. The lowest BCUT2D eigenvalue weighted by atomic mass is 9.79. The third kappa shape index (κ3) is 5.56. The fraction of sp³-hybridized carbons (Fsp3) is 0.682. The van der Waals surface area contributed by atoms with Gasteiger partial charge < -0.3 is 4.90 Å². The number of hydrogen-bond donors (Lipinski definition) is 0. The van der Waals surface area contributed by atoms with E-state index in [1.807, 2.05) is 35.2 Å². The molecule has 150 valence electrons. The Morgan fingerprint density at radius 1 is 1.07 bits per heavy atom. The molecule has 1 aliphatic heterocycles. The minimum atomic E-state index is -3.01. The highest BCUT2D eigenvalue weighted by Crippen LogP contribution is 2.34. The minimum Gasteiger partial charge on any atom is -0.334 e. The van der Waals surface area contributed by atoms with Gasteiger partial charge in [0.2, 0.25) is 5.91 Å². The first kappa shape index (κ1) is 20.4. The molecule has 1 saturated carbocycles. The second-order valence-electron chi connectivity index (χ2n) is 8.37. The van der Waals surface area contributed by atoms with Crippen LogP contribution in [-0.2, 0) is 21.2 Å². The van der Waals surface area contributed by atoms with E-state index >= 15 is 0 Å². The maximum atomic E-state index is 13.4. The van der Waals surface area contributed by atoms with Gasteiger partial charge in [-0.1, -0.05) is 56.5 Å². The molecule has 1 atom stereocenters. The Hall–Kier alpha value is -1.36. The van der Waals surface area contributed by atoms with E-state index in [2.05, 4.69) is 6.92 Å². The molecule has 1 heterocycles. The topological polar surface area (TPSA) is 54.5 Å². The molecule has 0 aromatic heterocycles. The molecule has 0 bridgehead atoms. The number of sulfone groups is 1. The molecule has 0 N–H and O–H groups in total. The Labute approximate surface area is 164 Å². The average Bonchev–Trinajstić information content (AvgIpc) is 3.04. The molecule has 1 aromatic rings. The quantitative estimate of drug-likeness (QED) is 0.700. The number of benzene rings is 1. The van der Waals surface area contributed by atoms with E-state index in [9.17, 15) is 13.2 Å². The largest absolute Gasteiger partial charge is 0.334 e. The number of carbonyl (C=O) groups is 1. The van der Waals surface area contributed by atoms with Gasteiger partial charge in [-0.15, -0.1) is 0 Å². The molecule has 2 fully saturated rings. The van der Waals surface area contributed by atoms with Crippen LogP contribution in [0.2, 0.25) is 0 Å². The van der Waals surface area contributed by atoms with Gasteiger partial charge in [0, 0.05) is 18.5 Å². The van der Waals surface area contributed by atoms with Gasteiger partial charge in [0.15, 0.2) is 9.84 Å². The molecule has 27 heavy (non-hydrogen) atoms. The molecule has 3 rings (SSSR count). The van der Waals surface area contributed by atoms with Gasteiger partial charge in [-0.3, -0.25) is 4.79 Å². The predicted octanol–water partition coefficient (Wildman–Crippen LogP) is 4.20. The summed E-state index contributed by atoms with van der Waals surface area (Å²) in [4.78, 5) is 15.2. The number of amides is 1. The van der Waals surface area contributed by atoms with Gasteiger partial charge in [0.05, 0.1) is 11.5 Å². The van der Waals surface area contributed by atoms with E-state index in [-0.39, 0.29) is 29.4 Å². The first-order valence-corrected chi connectivity index (χ1v) is 12.4. The number of rotatable bonds is 7. The zero-order valence-corrected chi connectivity index (χ0v) is 17.3. The van der Waals surface area contributed by atoms with Crippen LogP contribution in [-0.4, -0.2) is 36.8 Å². The van der Waals surface area contributed by atoms with Gasteiger partial charge in [-0.05, 0) is 43.6 Å². The minimum absolute atomic E-state index is 0.0647. The van der Waals surface area contributed by atoms with Crippen LogP contribution in [0.15, 0.2) is 30.3 Å².